The maximum atomic E-state index is 5.25. The smallest absolute Gasteiger partial charge is 0.0505 e. The fraction of sp³-hybridized carbons (Fsp3) is 1.00. The third-order valence-electron chi connectivity index (χ3n) is 1.87. The molecule has 0 aromatic carbocycles. The van der Waals surface area contributed by atoms with Gasteiger partial charge in [-0.1, -0.05) is 22.9 Å². The molecule has 0 N–H and O–H groups in total. The Hall–Kier alpha value is 0.440. The first-order chi connectivity index (χ1) is 4.34. The molecule has 2 unspecified atom stereocenters. The van der Waals surface area contributed by atoms with Crippen molar-refractivity contribution in [3.05, 3.63) is 0 Å². The highest BCUT2D eigenvalue weighted by molar-refractivity contribution is 9.09. The van der Waals surface area contributed by atoms with Crippen LogP contribution in [0.2, 0.25) is 0 Å². The quantitative estimate of drug-likeness (QED) is 0.611. The van der Waals surface area contributed by atoms with Crippen LogP contribution in [0.15, 0.2) is 0 Å². The molecule has 2 atom stereocenters. The SMILES string of the molecule is CCC(Br)C1CCOC1. The molecule has 1 nitrogen and oxygen atoms in total. The molecule has 0 aromatic heterocycles. The molecule has 1 saturated heterocycles. The number of rotatable bonds is 2. The molecule has 1 heterocycles. The average Bonchev–Trinajstić information content (AvgIpc) is 2.37. The Kier molecular flexibility index (Phi) is 2.99. The van der Waals surface area contributed by atoms with Crippen LogP contribution in [0.4, 0.5) is 0 Å². The van der Waals surface area contributed by atoms with Gasteiger partial charge < -0.3 is 4.74 Å². The van der Waals surface area contributed by atoms with Gasteiger partial charge in [-0.05, 0) is 18.8 Å². The molecular weight excluding hydrogens is 180 g/mol. The minimum atomic E-state index is 0.681. The van der Waals surface area contributed by atoms with Crippen LogP contribution in [0.25, 0.3) is 0 Å². The first kappa shape index (κ1) is 7.55. The minimum Gasteiger partial charge on any atom is -0.381 e. The van der Waals surface area contributed by atoms with Crippen LogP contribution in [-0.2, 0) is 4.74 Å². The Balaban J connectivity index is 2.24. The molecule has 54 valence electrons. The summed E-state index contributed by atoms with van der Waals surface area (Å²) < 4.78 is 5.25. The molecule has 0 spiro atoms. The lowest BCUT2D eigenvalue weighted by Crippen LogP contribution is -2.12. The van der Waals surface area contributed by atoms with Crippen molar-refractivity contribution in [2.45, 2.75) is 24.6 Å². The molecule has 1 rings (SSSR count). The normalized spacial score (nSPS) is 30.7. The molecule has 0 bridgehead atoms. The van der Waals surface area contributed by atoms with E-state index >= 15 is 0 Å². The molecular formula is C7H13BrO. The van der Waals surface area contributed by atoms with Gasteiger partial charge in [0.2, 0.25) is 0 Å². The Morgan fingerprint density at radius 2 is 2.56 bits per heavy atom. The van der Waals surface area contributed by atoms with Crippen molar-refractivity contribution in [1.82, 2.24) is 0 Å². The number of alkyl halides is 1. The Morgan fingerprint density at radius 1 is 1.78 bits per heavy atom. The van der Waals surface area contributed by atoms with E-state index in [0.717, 1.165) is 19.1 Å². The van der Waals surface area contributed by atoms with Gasteiger partial charge in [0.05, 0.1) is 6.61 Å². The van der Waals surface area contributed by atoms with E-state index in [4.69, 9.17) is 4.74 Å². The Morgan fingerprint density at radius 3 is 3.00 bits per heavy atom. The van der Waals surface area contributed by atoms with E-state index in [0.29, 0.717) is 4.83 Å². The highest BCUT2D eigenvalue weighted by Crippen LogP contribution is 2.24. The monoisotopic (exact) mass is 192 g/mol. The topological polar surface area (TPSA) is 9.23 Å². The summed E-state index contributed by atoms with van der Waals surface area (Å²) in [6.45, 7) is 4.13. The van der Waals surface area contributed by atoms with Gasteiger partial charge >= 0.3 is 0 Å². The summed E-state index contributed by atoms with van der Waals surface area (Å²) in [4.78, 5) is 0.681. The fourth-order valence-electron chi connectivity index (χ4n) is 1.17. The first-order valence-corrected chi connectivity index (χ1v) is 4.48. The van der Waals surface area contributed by atoms with Crippen LogP contribution >= 0.6 is 15.9 Å². The number of hydrogen-bond donors (Lipinski definition) is 0. The molecule has 1 aliphatic heterocycles. The zero-order valence-electron chi connectivity index (χ0n) is 5.77. The van der Waals surface area contributed by atoms with Gasteiger partial charge in [0.25, 0.3) is 0 Å². The van der Waals surface area contributed by atoms with E-state index in [-0.39, 0.29) is 0 Å². The maximum Gasteiger partial charge on any atom is 0.0505 e. The highest BCUT2D eigenvalue weighted by atomic mass is 79.9. The zero-order chi connectivity index (χ0) is 6.69. The van der Waals surface area contributed by atoms with Crippen LogP contribution in [0.3, 0.4) is 0 Å². The molecule has 9 heavy (non-hydrogen) atoms. The third kappa shape index (κ3) is 1.94. The van der Waals surface area contributed by atoms with Crippen molar-refractivity contribution in [1.29, 1.82) is 0 Å². The van der Waals surface area contributed by atoms with Crippen molar-refractivity contribution < 1.29 is 4.74 Å². The molecule has 0 radical (unpaired) electrons. The first-order valence-electron chi connectivity index (χ1n) is 3.56. The molecule has 0 amide bonds. The van der Waals surface area contributed by atoms with Gasteiger partial charge in [-0.3, -0.25) is 0 Å². The van der Waals surface area contributed by atoms with Crippen LogP contribution in [0, 0.1) is 5.92 Å². The van der Waals surface area contributed by atoms with Gasteiger partial charge in [0, 0.05) is 11.4 Å². The maximum absolute atomic E-state index is 5.25. The van der Waals surface area contributed by atoms with Crippen molar-refractivity contribution in [3.63, 3.8) is 0 Å². The lowest BCUT2D eigenvalue weighted by Gasteiger charge is -2.11. The summed E-state index contributed by atoms with van der Waals surface area (Å²) in [6, 6.07) is 0. The molecule has 1 fully saturated rings. The van der Waals surface area contributed by atoms with Crippen molar-refractivity contribution in [3.8, 4) is 0 Å². The molecule has 0 aliphatic carbocycles. The van der Waals surface area contributed by atoms with Crippen LogP contribution in [0.1, 0.15) is 19.8 Å². The largest absolute Gasteiger partial charge is 0.381 e. The van der Waals surface area contributed by atoms with Crippen LogP contribution in [-0.4, -0.2) is 18.0 Å². The summed E-state index contributed by atoms with van der Waals surface area (Å²) in [7, 11) is 0. The molecule has 2 heteroatoms. The van der Waals surface area contributed by atoms with Gasteiger partial charge in [-0.15, -0.1) is 0 Å². The molecule has 0 saturated carbocycles. The molecule has 0 aromatic rings. The van der Waals surface area contributed by atoms with Crippen LogP contribution < -0.4 is 0 Å². The van der Waals surface area contributed by atoms with Gasteiger partial charge in [-0.25, -0.2) is 0 Å². The van der Waals surface area contributed by atoms with Gasteiger partial charge in [0.15, 0.2) is 0 Å². The Labute approximate surface area is 64.9 Å². The summed E-state index contributed by atoms with van der Waals surface area (Å²) in [5.41, 5.74) is 0. The van der Waals surface area contributed by atoms with Gasteiger partial charge in [-0.2, -0.15) is 0 Å². The predicted octanol–water partition coefficient (Wildman–Crippen LogP) is 2.20. The highest BCUT2D eigenvalue weighted by Gasteiger charge is 2.21. The lowest BCUT2D eigenvalue weighted by molar-refractivity contribution is 0.185. The van der Waals surface area contributed by atoms with E-state index in [9.17, 15) is 0 Å². The van der Waals surface area contributed by atoms with Crippen molar-refractivity contribution in [2.75, 3.05) is 13.2 Å². The van der Waals surface area contributed by atoms with E-state index in [2.05, 4.69) is 22.9 Å². The third-order valence-corrected chi connectivity index (χ3v) is 3.26. The number of hydrogen-bond acceptors (Lipinski definition) is 1. The predicted molar refractivity (Wildman–Crippen MR) is 41.9 cm³/mol. The van der Waals surface area contributed by atoms with Crippen molar-refractivity contribution in [2.24, 2.45) is 5.92 Å². The Bertz CT molecular complexity index is 79.0. The zero-order valence-corrected chi connectivity index (χ0v) is 7.36. The second-order valence-corrected chi connectivity index (χ2v) is 3.72. The second-order valence-electron chi connectivity index (χ2n) is 2.55. The average molecular weight is 193 g/mol. The summed E-state index contributed by atoms with van der Waals surface area (Å²) in [5, 5.41) is 0. The summed E-state index contributed by atoms with van der Waals surface area (Å²) >= 11 is 3.62. The summed E-state index contributed by atoms with van der Waals surface area (Å²) in [6.07, 6.45) is 2.46. The summed E-state index contributed by atoms with van der Waals surface area (Å²) in [5.74, 6) is 0.773. The minimum absolute atomic E-state index is 0.681. The lowest BCUT2D eigenvalue weighted by atomic mass is 10.0. The molecule has 1 aliphatic rings. The van der Waals surface area contributed by atoms with E-state index in [1.54, 1.807) is 0 Å². The number of ether oxygens (including phenoxy) is 1. The number of halogens is 1. The van der Waals surface area contributed by atoms with Gasteiger partial charge in [0.1, 0.15) is 0 Å². The van der Waals surface area contributed by atoms with E-state index in [1.165, 1.54) is 12.8 Å². The van der Waals surface area contributed by atoms with Crippen LogP contribution in [0.5, 0.6) is 0 Å². The van der Waals surface area contributed by atoms with Crippen molar-refractivity contribution >= 4 is 15.9 Å². The van der Waals surface area contributed by atoms with E-state index in [1.807, 2.05) is 0 Å². The van der Waals surface area contributed by atoms with E-state index < -0.39 is 0 Å². The standard InChI is InChI=1S/C7H13BrO/c1-2-7(8)6-3-4-9-5-6/h6-7H,2-5H2,1H3. The second kappa shape index (κ2) is 3.57. The fourth-order valence-corrected chi connectivity index (χ4v) is 1.59.